The van der Waals surface area contributed by atoms with Gasteiger partial charge in [0.25, 0.3) is 0 Å². The molecule has 1 aromatic rings. The Hall–Kier alpha value is -1.76. The molecule has 7 heteroatoms. The number of epoxide rings is 1. The third-order valence-corrected chi connectivity index (χ3v) is 5.78. The van der Waals surface area contributed by atoms with E-state index in [0.717, 1.165) is 25.7 Å². The van der Waals surface area contributed by atoms with Crippen LogP contribution in [0.5, 0.6) is 11.5 Å². The summed E-state index contributed by atoms with van der Waals surface area (Å²) < 4.78 is 23.2. The molecule has 1 N–H and O–H groups in total. The van der Waals surface area contributed by atoms with Crippen molar-refractivity contribution in [1.29, 1.82) is 0 Å². The Balaban J connectivity index is 2.02. The lowest BCUT2D eigenvalue weighted by atomic mass is 9.98. The highest BCUT2D eigenvalue weighted by Crippen LogP contribution is 2.40. The molecule has 3 rings (SSSR count). The van der Waals surface area contributed by atoms with E-state index in [-0.39, 0.29) is 30.3 Å². The molecule has 1 fully saturated rings. The van der Waals surface area contributed by atoms with Crippen LogP contribution in [-0.2, 0) is 15.9 Å². The molecule has 0 saturated carbocycles. The monoisotopic (exact) mass is 452 g/mol. The fourth-order valence-electron chi connectivity index (χ4n) is 3.77. The molecule has 0 spiro atoms. The summed E-state index contributed by atoms with van der Waals surface area (Å²) in [6, 6.07) is 1.66. The summed E-state index contributed by atoms with van der Waals surface area (Å²) in [4.78, 5) is 13.2. The summed E-state index contributed by atoms with van der Waals surface area (Å²) in [7, 11) is 0. The van der Waals surface area contributed by atoms with Crippen LogP contribution >= 0.6 is 11.6 Å². The van der Waals surface area contributed by atoms with Crippen LogP contribution in [0.2, 0.25) is 5.02 Å². The van der Waals surface area contributed by atoms with Crippen molar-refractivity contribution in [2.45, 2.75) is 83.7 Å². The van der Waals surface area contributed by atoms with Crippen molar-refractivity contribution in [3.63, 3.8) is 0 Å². The number of rotatable bonds is 6. The zero-order valence-corrected chi connectivity index (χ0v) is 19.3. The number of fused-ring (bicyclic) bond motifs is 2. The molecule has 0 radical (unpaired) electrons. The number of hydrogen-bond acceptors (Lipinski definition) is 6. The molecule has 2 heterocycles. The van der Waals surface area contributed by atoms with E-state index in [1.54, 1.807) is 12.1 Å². The molecule has 172 valence electrons. The van der Waals surface area contributed by atoms with Crippen LogP contribution in [0, 0.1) is 0 Å². The molecule has 31 heavy (non-hydrogen) atoms. The number of aliphatic hydroxyl groups excluding tert-OH is 1. The fourth-order valence-corrected chi connectivity index (χ4v) is 4.05. The first kappa shape index (κ1) is 23.9. The van der Waals surface area contributed by atoms with Gasteiger partial charge in [-0.1, -0.05) is 37.6 Å². The maximum Gasteiger partial charge on any atom is 0.342 e. The quantitative estimate of drug-likeness (QED) is 0.376. The van der Waals surface area contributed by atoms with Gasteiger partial charge in [0.05, 0.1) is 36.5 Å². The van der Waals surface area contributed by atoms with Gasteiger partial charge in [0, 0.05) is 18.9 Å². The van der Waals surface area contributed by atoms with Gasteiger partial charge in [-0.2, -0.15) is 0 Å². The number of benzene rings is 1. The fraction of sp³-hybridized carbons (Fsp3) is 0.625. The van der Waals surface area contributed by atoms with Crippen molar-refractivity contribution in [3.05, 3.63) is 34.4 Å². The number of esters is 1. The van der Waals surface area contributed by atoms with Crippen LogP contribution in [0.1, 0.15) is 68.8 Å². The predicted octanol–water partition coefficient (Wildman–Crippen LogP) is 4.87. The standard InChI is InChI=1S/C24H33ClO6/c1-4-10-28-20-14-21(29-11-5-2)23(25)17-13-16(26)8-6-7-9-18-19(31-18)12-15(3)30-24(27)22(17)20/h6,8,14-16,18-19,26H,4-5,7,9-13H2,1-3H3/b8-6+/t15-,16+,18+,19+/m1/s1. The number of carbonyl (C=O) groups excluding carboxylic acids is 1. The van der Waals surface area contributed by atoms with Crippen LogP contribution in [-0.4, -0.2) is 48.7 Å². The molecule has 0 aromatic heterocycles. The van der Waals surface area contributed by atoms with E-state index < -0.39 is 12.1 Å². The van der Waals surface area contributed by atoms with E-state index in [0.29, 0.717) is 41.7 Å². The summed E-state index contributed by atoms with van der Waals surface area (Å²) in [5.41, 5.74) is 0.736. The first-order chi connectivity index (χ1) is 14.9. The van der Waals surface area contributed by atoms with E-state index in [1.807, 2.05) is 26.8 Å². The highest BCUT2D eigenvalue weighted by atomic mass is 35.5. The number of aliphatic hydroxyl groups is 1. The molecule has 0 amide bonds. The average molecular weight is 453 g/mol. The van der Waals surface area contributed by atoms with Gasteiger partial charge >= 0.3 is 5.97 Å². The van der Waals surface area contributed by atoms with E-state index in [4.69, 9.17) is 30.5 Å². The van der Waals surface area contributed by atoms with Gasteiger partial charge in [0.1, 0.15) is 23.2 Å². The van der Waals surface area contributed by atoms with Crippen molar-refractivity contribution in [3.8, 4) is 11.5 Å². The first-order valence-electron chi connectivity index (χ1n) is 11.3. The second kappa shape index (κ2) is 11.2. The minimum absolute atomic E-state index is 0.104. The lowest BCUT2D eigenvalue weighted by Crippen LogP contribution is -2.21. The number of carbonyl (C=O) groups is 1. The SMILES string of the molecule is CCCOc1cc(OCCC)c2c(c1Cl)C[C@@H](O)/C=C/CC[C@@H]1O[C@H]1C[C@@H](C)OC2=O. The molecule has 4 atom stereocenters. The van der Waals surface area contributed by atoms with E-state index in [9.17, 15) is 9.90 Å². The van der Waals surface area contributed by atoms with Crippen molar-refractivity contribution in [2.75, 3.05) is 13.2 Å². The summed E-state index contributed by atoms with van der Waals surface area (Å²) in [5, 5.41) is 10.9. The Morgan fingerprint density at radius 1 is 1.16 bits per heavy atom. The summed E-state index contributed by atoms with van der Waals surface area (Å²) >= 11 is 6.67. The Morgan fingerprint density at radius 2 is 1.87 bits per heavy atom. The molecule has 0 unspecified atom stereocenters. The highest BCUT2D eigenvalue weighted by molar-refractivity contribution is 6.33. The van der Waals surface area contributed by atoms with E-state index in [2.05, 4.69) is 0 Å². The maximum atomic E-state index is 13.2. The van der Waals surface area contributed by atoms with Crippen LogP contribution < -0.4 is 9.47 Å². The third-order valence-electron chi connectivity index (χ3n) is 5.37. The number of halogens is 1. The minimum Gasteiger partial charge on any atom is -0.493 e. The number of hydrogen-bond donors (Lipinski definition) is 1. The van der Waals surface area contributed by atoms with Crippen molar-refractivity contribution in [2.24, 2.45) is 0 Å². The van der Waals surface area contributed by atoms with Gasteiger partial charge in [-0.3, -0.25) is 0 Å². The van der Waals surface area contributed by atoms with Crippen molar-refractivity contribution in [1.82, 2.24) is 0 Å². The van der Waals surface area contributed by atoms with Gasteiger partial charge < -0.3 is 24.1 Å². The van der Waals surface area contributed by atoms with Crippen LogP contribution in [0.3, 0.4) is 0 Å². The van der Waals surface area contributed by atoms with Crippen molar-refractivity contribution < 1.29 is 28.8 Å². The van der Waals surface area contributed by atoms with Gasteiger partial charge in [0.2, 0.25) is 0 Å². The molecular weight excluding hydrogens is 420 g/mol. The lowest BCUT2D eigenvalue weighted by Gasteiger charge is -2.21. The van der Waals surface area contributed by atoms with Crippen LogP contribution in [0.15, 0.2) is 18.2 Å². The Bertz CT molecular complexity index is 793. The zero-order chi connectivity index (χ0) is 22.4. The van der Waals surface area contributed by atoms with Crippen LogP contribution in [0.25, 0.3) is 0 Å². The smallest absolute Gasteiger partial charge is 0.342 e. The molecule has 2 aliphatic heterocycles. The molecule has 1 aromatic carbocycles. The molecular formula is C24H33ClO6. The van der Waals surface area contributed by atoms with Crippen LogP contribution in [0.4, 0.5) is 0 Å². The van der Waals surface area contributed by atoms with Gasteiger partial charge in [-0.25, -0.2) is 4.79 Å². The second-order valence-electron chi connectivity index (χ2n) is 8.18. The van der Waals surface area contributed by atoms with E-state index in [1.165, 1.54) is 0 Å². The molecule has 0 aliphatic carbocycles. The zero-order valence-electron chi connectivity index (χ0n) is 18.6. The first-order valence-corrected chi connectivity index (χ1v) is 11.6. The van der Waals surface area contributed by atoms with Gasteiger partial charge in [-0.05, 0) is 38.2 Å². The number of cyclic esters (lactones) is 1. The molecule has 0 bridgehead atoms. The molecule has 6 nitrogen and oxygen atoms in total. The molecule has 1 saturated heterocycles. The second-order valence-corrected chi connectivity index (χ2v) is 8.56. The van der Waals surface area contributed by atoms with Gasteiger partial charge in [0.15, 0.2) is 0 Å². The minimum atomic E-state index is -0.805. The number of ether oxygens (including phenoxy) is 4. The Kier molecular flexibility index (Phi) is 8.64. The Morgan fingerprint density at radius 3 is 2.58 bits per heavy atom. The Labute approximate surface area is 189 Å². The summed E-state index contributed by atoms with van der Waals surface area (Å²) in [6.07, 6.45) is 6.97. The highest BCUT2D eigenvalue weighted by Gasteiger charge is 2.39. The largest absolute Gasteiger partial charge is 0.493 e. The summed E-state index contributed by atoms with van der Waals surface area (Å²) in [5.74, 6) is 0.303. The predicted molar refractivity (Wildman–Crippen MR) is 119 cm³/mol. The average Bonchev–Trinajstić information content (AvgIpc) is 3.47. The topological polar surface area (TPSA) is 77.5 Å². The van der Waals surface area contributed by atoms with E-state index >= 15 is 0 Å². The van der Waals surface area contributed by atoms with Gasteiger partial charge in [-0.15, -0.1) is 0 Å². The number of allylic oxidation sites excluding steroid dienone is 1. The normalized spacial score (nSPS) is 27.3. The molecule has 2 aliphatic rings. The third kappa shape index (κ3) is 6.37. The summed E-state index contributed by atoms with van der Waals surface area (Å²) in [6.45, 7) is 6.78. The maximum absolute atomic E-state index is 13.2. The van der Waals surface area contributed by atoms with Crippen molar-refractivity contribution >= 4 is 17.6 Å². The lowest BCUT2D eigenvalue weighted by molar-refractivity contribution is 0.0304.